The highest BCUT2D eigenvalue weighted by atomic mass is 32.1. The molecular weight excluding hydrogens is 378 g/mol. The molecule has 0 spiro atoms. The van der Waals surface area contributed by atoms with Crippen LogP contribution in [0.1, 0.15) is 18.4 Å². The number of hydrogen-bond donors (Lipinski definition) is 2. The van der Waals surface area contributed by atoms with E-state index >= 15 is 0 Å². The zero-order valence-electron chi connectivity index (χ0n) is 16.1. The van der Waals surface area contributed by atoms with Gasteiger partial charge in [-0.2, -0.15) is 0 Å². The van der Waals surface area contributed by atoms with Gasteiger partial charge < -0.3 is 10.4 Å². The van der Waals surface area contributed by atoms with E-state index in [1.165, 1.54) is 41.9 Å². The van der Waals surface area contributed by atoms with Gasteiger partial charge in [-0.05, 0) is 67.4 Å². The fourth-order valence-corrected chi connectivity index (χ4v) is 5.02. The molecule has 4 nitrogen and oxygen atoms in total. The molecule has 0 saturated carbocycles. The summed E-state index contributed by atoms with van der Waals surface area (Å²) in [5.41, 5.74) is 5.46. The van der Waals surface area contributed by atoms with Crippen LogP contribution in [0.25, 0.3) is 20.7 Å². The second kappa shape index (κ2) is 7.85. The Kier molecular flexibility index (Phi) is 4.92. The van der Waals surface area contributed by atoms with Gasteiger partial charge in [0.15, 0.2) is 0 Å². The number of aromatic nitrogens is 1. The summed E-state index contributed by atoms with van der Waals surface area (Å²) in [5.74, 6) is 0.252. The topological polar surface area (TPSA) is 48.4 Å². The van der Waals surface area contributed by atoms with E-state index in [0.29, 0.717) is 0 Å². The SMILES string of the molecule is Oc1cccc(Nc2ccnc3cc(-c4cccc(CN5CCCC5)c4)sc23)c1. The molecule has 1 aliphatic heterocycles. The third-order valence-corrected chi connectivity index (χ3v) is 6.56. The van der Waals surface area contributed by atoms with E-state index in [-0.39, 0.29) is 5.75 Å². The lowest BCUT2D eigenvalue weighted by Gasteiger charge is -2.14. The minimum atomic E-state index is 0.252. The molecule has 3 heterocycles. The van der Waals surface area contributed by atoms with Crippen molar-refractivity contribution in [2.45, 2.75) is 19.4 Å². The number of thiophene rings is 1. The van der Waals surface area contributed by atoms with Gasteiger partial charge in [-0.3, -0.25) is 9.88 Å². The molecule has 0 unspecified atom stereocenters. The van der Waals surface area contributed by atoms with Gasteiger partial charge in [0.25, 0.3) is 0 Å². The first kappa shape index (κ1) is 18.2. The van der Waals surface area contributed by atoms with Crippen LogP contribution in [0.3, 0.4) is 0 Å². The van der Waals surface area contributed by atoms with E-state index in [1.54, 1.807) is 23.5 Å². The number of nitrogens with one attached hydrogen (secondary N) is 1. The van der Waals surface area contributed by atoms with Crippen LogP contribution in [0.5, 0.6) is 5.75 Å². The van der Waals surface area contributed by atoms with Crippen molar-refractivity contribution in [2.75, 3.05) is 18.4 Å². The molecule has 1 aliphatic rings. The molecule has 0 radical (unpaired) electrons. The Balaban J connectivity index is 1.45. The van der Waals surface area contributed by atoms with Crippen molar-refractivity contribution in [3.8, 4) is 16.2 Å². The van der Waals surface area contributed by atoms with Crippen LogP contribution in [0.4, 0.5) is 11.4 Å². The van der Waals surface area contributed by atoms with Crippen molar-refractivity contribution in [3.05, 3.63) is 72.4 Å². The molecule has 0 aliphatic carbocycles. The van der Waals surface area contributed by atoms with Gasteiger partial charge in [0.05, 0.1) is 15.9 Å². The number of anilines is 2. The summed E-state index contributed by atoms with van der Waals surface area (Å²) in [7, 11) is 0. The first-order valence-electron chi connectivity index (χ1n) is 10.0. The highest BCUT2D eigenvalue weighted by Gasteiger charge is 2.13. The average Bonchev–Trinajstić information content (AvgIpc) is 3.38. The zero-order chi connectivity index (χ0) is 19.6. The lowest BCUT2D eigenvalue weighted by Crippen LogP contribution is -2.18. The number of likely N-dealkylation sites (tertiary alicyclic amines) is 1. The number of hydrogen-bond acceptors (Lipinski definition) is 5. The maximum Gasteiger partial charge on any atom is 0.117 e. The number of phenolic OH excluding ortho intramolecular Hbond substituents is 1. The molecule has 2 N–H and O–H groups in total. The summed E-state index contributed by atoms with van der Waals surface area (Å²) in [4.78, 5) is 8.32. The van der Waals surface area contributed by atoms with E-state index in [2.05, 4.69) is 45.5 Å². The van der Waals surface area contributed by atoms with Gasteiger partial charge in [0.2, 0.25) is 0 Å². The number of rotatable bonds is 5. The van der Waals surface area contributed by atoms with Crippen molar-refractivity contribution in [1.82, 2.24) is 9.88 Å². The van der Waals surface area contributed by atoms with E-state index in [9.17, 15) is 5.11 Å². The molecule has 29 heavy (non-hydrogen) atoms. The zero-order valence-corrected chi connectivity index (χ0v) is 17.0. The van der Waals surface area contributed by atoms with Gasteiger partial charge in [-0.1, -0.05) is 24.3 Å². The van der Waals surface area contributed by atoms with E-state index in [1.807, 2.05) is 24.4 Å². The van der Waals surface area contributed by atoms with Crippen LogP contribution >= 0.6 is 11.3 Å². The van der Waals surface area contributed by atoms with Crippen molar-refractivity contribution in [1.29, 1.82) is 0 Å². The van der Waals surface area contributed by atoms with Crippen molar-refractivity contribution >= 4 is 32.9 Å². The maximum absolute atomic E-state index is 9.73. The summed E-state index contributed by atoms with van der Waals surface area (Å²) >= 11 is 1.75. The normalized spacial score (nSPS) is 14.5. The fraction of sp³-hybridized carbons (Fsp3) is 0.208. The summed E-state index contributed by atoms with van der Waals surface area (Å²) < 4.78 is 1.12. The molecule has 2 aromatic carbocycles. The van der Waals surface area contributed by atoms with Crippen molar-refractivity contribution < 1.29 is 5.11 Å². The third kappa shape index (κ3) is 3.97. The summed E-state index contributed by atoms with van der Waals surface area (Å²) in [5, 5.41) is 13.1. The molecule has 1 saturated heterocycles. The van der Waals surface area contributed by atoms with Crippen LogP contribution in [0.15, 0.2) is 66.9 Å². The molecule has 5 rings (SSSR count). The standard InChI is InChI=1S/C24H23N3OS/c28-20-8-4-7-19(14-20)26-21-9-10-25-22-15-23(29-24(21)22)18-6-3-5-17(13-18)16-27-11-1-2-12-27/h3-10,13-15,28H,1-2,11-12,16H2,(H,25,26). The largest absolute Gasteiger partial charge is 0.508 e. The molecule has 0 amide bonds. The lowest BCUT2D eigenvalue weighted by molar-refractivity contribution is 0.331. The Morgan fingerprint density at radius 2 is 1.86 bits per heavy atom. The van der Waals surface area contributed by atoms with Crippen LogP contribution in [0.2, 0.25) is 0 Å². The molecule has 1 fully saturated rings. The predicted molar refractivity (Wildman–Crippen MR) is 121 cm³/mol. The van der Waals surface area contributed by atoms with Gasteiger partial charge in [-0.15, -0.1) is 11.3 Å². The molecule has 2 aromatic heterocycles. The Morgan fingerprint density at radius 3 is 2.72 bits per heavy atom. The number of phenols is 1. The number of fused-ring (bicyclic) bond motifs is 1. The summed E-state index contributed by atoms with van der Waals surface area (Å²) in [6.45, 7) is 3.45. The van der Waals surface area contributed by atoms with Gasteiger partial charge >= 0.3 is 0 Å². The number of aromatic hydroxyl groups is 1. The monoisotopic (exact) mass is 401 g/mol. The van der Waals surface area contributed by atoms with Gasteiger partial charge in [-0.25, -0.2) is 0 Å². The second-order valence-electron chi connectivity index (χ2n) is 7.54. The second-order valence-corrected chi connectivity index (χ2v) is 8.59. The van der Waals surface area contributed by atoms with Crippen LogP contribution in [-0.2, 0) is 6.54 Å². The average molecular weight is 402 g/mol. The van der Waals surface area contributed by atoms with Gasteiger partial charge in [0.1, 0.15) is 5.75 Å². The van der Waals surface area contributed by atoms with Crippen LogP contribution < -0.4 is 5.32 Å². The highest BCUT2D eigenvalue weighted by Crippen LogP contribution is 2.38. The maximum atomic E-state index is 9.73. The Hall–Kier alpha value is -2.89. The van der Waals surface area contributed by atoms with Crippen LogP contribution in [-0.4, -0.2) is 28.1 Å². The molecule has 0 bridgehead atoms. The Bertz CT molecular complexity index is 1150. The number of pyridine rings is 1. The van der Waals surface area contributed by atoms with E-state index < -0.39 is 0 Å². The quantitative estimate of drug-likeness (QED) is 0.430. The van der Waals surface area contributed by atoms with Crippen LogP contribution in [0, 0.1) is 0 Å². The minimum Gasteiger partial charge on any atom is -0.508 e. The molecular formula is C24H23N3OS. The predicted octanol–water partition coefficient (Wildman–Crippen LogP) is 6.01. The van der Waals surface area contributed by atoms with E-state index in [4.69, 9.17) is 0 Å². The highest BCUT2D eigenvalue weighted by molar-refractivity contribution is 7.22. The summed E-state index contributed by atoms with van der Waals surface area (Å²) in [6, 6.07) is 20.2. The molecule has 0 atom stereocenters. The molecule has 5 heteroatoms. The molecule has 4 aromatic rings. The molecule has 146 valence electrons. The number of nitrogens with zero attached hydrogens (tertiary/aromatic N) is 2. The fourth-order valence-electron chi connectivity index (χ4n) is 3.94. The van der Waals surface area contributed by atoms with E-state index in [0.717, 1.165) is 28.1 Å². The Labute approximate surface area is 174 Å². The lowest BCUT2D eigenvalue weighted by atomic mass is 10.1. The van der Waals surface area contributed by atoms with Crippen molar-refractivity contribution in [3.63, 3.8) is 0 Å². The Morgan fingerprint density at radius 1 is 1.00 bits per heavy atom. The smallest absolute Gasteiger partial charge is 0.117 e. The first-order valence-corrected chi connectivity index (χ1v) is 10.8. The summed E-state index contributed by atoms with van der Waals surface area (Å²) in [6.07, 6.45) is 4.46. The third-order valence-electron chi connectivity index (χ3n) is 5.35. The van der Waals surface area contributed by atoms with Crippen molar-refractivity contribution in [2.24, 2.45) is 0 Å². The first-order chi connectivity index (χ1) is 14.2. The van der Waals surface area contributed by atoms with Gasteiger partial charge in [0, 0.05) is 29.4 Å². The minimum absolute atomic E-state index is 0.252. The number of benzene rings is 2.